The van der Waals surface area contributed by atoms with Crippen LogP contribution < -0.4 is 5.73 Å². The van der Waals surface area contributed by atoms with Gasteiger partial charge >= 0.3 is 0 Å². The Kier molecular flexibility index (Phi) is 3.65. The van der Waals surface area contributed by atoms with Crippen LogP contribution in [0, 0.1) is 5.92 Å². The number of nitrogens with zero attached hydrogens (tertiary/aromatic N) is 1. The maximum atomic E-state index is 6.03. The molecule has 0 aromatic carbocycles. The molecule has 2 N–H and O–H groups in total. The van der Waals surface area contributed by atoms with Crippen molar-refractivity contribution in [2.75, 3.05) is 0 Å². The predicted molar refractivity (Wildman–Crippen MR) is 65.5 cm³/mol. The van der Waals surface area contributed by atoms with Crippen molar-refractivity contribution in [3.8, 4) is 0 Å². The fourth-order valence-corrected chi connectivity index (χ4v) is 2.35. The molecule has 3 heteroatoms. The first-order valence-electron chi connectivity index (χ1n) is 6.11. The summed E-state index contributed by atoms with van der Waals surface area (Å²) >= 11 is 0. The van der Waals surface area contributed by atoms with Crippen molar-refractivity contribution in [1.82, 2.24) is 0 Å². The minimum Gasteiger partial charge on any atom is -0.469 e. The smallest absolute Gasteiger partial charge is 0.105 e. The normalized spacial score (nSPS) is 20.2. The number of furan rings is 1. The molecule has 1 aliphatic carbocycles. The molecular weight excluding hydrogens is 200 g/mol. The highest BCUT2D eigenvalue weighted by Gasteiger charge is 2.19. The highest BCUT2D eigenvalue weighted by atomic mass is 16.3. The van der Waals surface area contributed by atoms with E-state index in [2.05, 4.69) is 11.9 Å². The van der Waals surface area contributed by atoms with Crippen molar-refractivity contribution in [3.05, 3.63) is 24.2 Å². The van der Waals surface area contributed by atoms with E-state index < -0.39 is 0 Å². The van der Waals surface area contributed by atoms with E-state index in [0.29, 0.717) is 5.92 Å². The molecule has 0 bridgehead atoms. The van der Waals surface area contributed by atoms with Crippen LogP contribution in [0.1, 0.15) is 38.4 Å². The molecule has 1 aromatic heterocycles. The lowest BCUT2D eigenvalue weighted by molar-refractivity contribution is 0.491. The summed E-state index contributed by atoms with van der Waals surface area (Å²) in [5, 5.41) is 0. The van der Waals surface area contributed by atoms with E-state index in [1.165, 1.54) is 25.7 Å². The van der Waals surface area contributed by atoms with Crippen LogP contribution in [0.15, 0.2) is 27.8 Å². The Bertz CT molecular complexity index is 337. The molecule has 0 aliphatic heterocycles. The Morgan fingerprint density at radius 1 is 1.56 bits per heavy atom. The summed E-state index contributed by atoms with van der Waals surface area (Å²) in [6.07, 6.45) is 7.55. The van der Waals surface area contributed by atoms with Gasteiger partial charge in [-0.05, 0) is 31.9 Å². The standard InChI is InChI=1S/C13H20N2O/c1-10(9-12-7-4-8-16-12)15-13(14)11-5-2-3-6-11/h4,7-8,10-11H,2-3,5-6,9H2,1H3,(H2,14,15). The van der Waals surface area contributed by atoms with Crippen LogP contribution in [-0.2, 0) is 6.42 Å². The van der Waals surface area contributed by atoms with E-state index in [-0.39, 0.29) is 6.04 Å². The summed E-state index contributed by atoms with van der Waals surface area (Å²) in [7, 11) is 0. The summed E-state index contributed by atoms with van der Waals surface area (Å²) in [6, 6.07) is 4.11. The Labute approximate surface area is 96.7 Å². The molecule has 1 heterocycles. The molecule has 0 saturated heterocycles. The maximum absolute atomic E-state index is 6.03. The number of nitrogens with two attached hydrogens (primary N) is 1. The lowest BCUT2D eigenvalue weighted by atomic mass is 10.1. The van der Waals surface area contributed by atoms with Gasteiger partial charge in [-0.25, -0.2) is 0 Å². The van der Waals surface area contributed by atoms with E-state index >= 15 is 0 Å². The fraction of sp³-hybridized carbons (Fsp3) is 0.615. The van der Waals surface area contributed by atoms with Gasteiger partial charge < -0.3 is 10.2 Å². The molecule has 16 heavy (non-hydrogen) atoms. The summed E-state index contributed by atoms with van der Waals surface area (Å²) in [4.78, 5) is 4.57. The second-order valence-electron chi connectivity index (χ2n) is 4.67. The third-order valence-electron chi connectivity index (χ3n) is 3.22. The zero-order chi connectivity index (χ0) is 11.4. The first-order valence-corrected chi connectivity index (χ1v) is 6.11. The molecule has 0 amide bonds. The SMILES string of the molecule is CC(Cc1ccco1)N=C(N)C1CCCC1. The van der Waals surface area contributed by atoms with Gasteiger partial charge in [0.15, 0.2) is 0 Å². The number of hydrogen-bond donors (Lipinski definition) is 1. The van der Waals surface area contributed by atoms with Crippen molar-refractivity contribution in [2.24, 2.45) is 16.6 Å². The topological polar surface area (TPSA) is 51.5 Å². The molecule has 1 atom stereocenters. The largest absolute Gasteiger partial charge is 0.469 e. The van der Waals surface area contributed by atoms with Crippen LogP contribution in [0.25, 0.3) is 0 Å². The quantitative estimate of drug-likeness (QED) is 0.626. The Hall–Kier alpha value is -1.25. The predicted octanol–water partition coefficient (Wildman–Crippen LogP) is 2.76. The van der Waals surface area contributed by atoms with Crippen molar-refractivity contribution >= 4 is 5.84 Å². The monoisotopic (exact) mass is 220 g/mol. The number of amidine groups is 1. The van der Waals surface area contributed by atoms with E-state index in [1.807, 2.05) is 12.1 Å². The average Bonchev–Trinajstić information content (AvgIpc) is 2.88. The molecule has 1 fully saturated rings. The average molecular weight is 220 g/mol. The minimum atomic E-state index is 0.215. The Morgan fingerprint density at radius 2 is 2.31 bits per heavy atom. The first-order chi connectivity index (χ1) is 7.75. The van der Waals surface area contributed by atoms with Gasteiger partial charge in [0, 0.05) is 12.3 Å². The fourth-order valence-electron chi connectivity index (χ4n) is 2.35. The highest BCUT2D eigenvalue weighted by Crippen LogP contribution is 2.25. The van der Waals surface area contributed by atoms with Gasteiger partial charge in [0.05, 0.1) is 18.1 Å². The zero-order valence-electron chi connectivity index (χ0n) is 9.86. The first kappa shape index (κ1) is 11.2. The van der Waals surface area contributed by atoms with Crippen molar-refractivity contribution in [1.29, 1.82) is 0 Å². The molecular formula is C13H20N2O. The van der Waals surface area contributed by atoms with Gasteiger partial charge in [0.25, 0.3) is 0 Å². The zero-order valence-corrected chi connectivity index (χ0v) is 9.86. The maximum Gasteiger partial charge on any atom is 0.105 e. The Balaban J connectivity index is 1.89. The lowest BCUT2D eigenvalue weighted by Gasteiger charge is -2.11. The van der Waals surface area contributed by atoms with Gasteiger partial charge in [-0.15, -0.1) is 0 Å². The van der Waals surface area contributed by atoms with Crippen molar-refractivity contribution in [2.45, 2.75) is 45.1 Å². The second kappa shape index (κ2) is 5.19. The van der Waals surface area contributed by atoms with Crippen LogP contribution >= 0.6 is 0 Å². The minimum absolute atomic E-state index is 0.215. The van der Waals surface area contributed by atoms with Gasteiger partial charge in [-0.2, -0.15) is 0 Å². The molecule has 3 nitrogen and oxygen atoms in total. The molecule has 0 radical (unpaired) electrons. The second-order valence-corrected chi connectivity index (χ2v) is 4.67. The van der Waals surface area contributed by atoms with E-state index in [9.17, 15) is 0 Å². The molecule has 0 spiro atoms. The molecule has 1 saturated carbocycles. The molecule has 2 rings (SSSR count). The summed E-state index contributed by atoms with van der Waals surface area (Å²) < 4.78 is 5.30. The van der Waals surface area contributed by atoms with E-state index in [1.54, 1.807) is 6.26 Å². The summed E-state index contributed by atoms with van der Waals surface area (Å²) in [5.41, 5.74) is 6.03. The third-order valence-corrected chi connectivity index (χ3v) is 3.22. The van der Waals surface area contributed by atoms with Crippen molar-refractivity contribution < 1.29 is 4.42 Å². The van der Waals surface area contributed by atoms with Gasteiger partial charge in [-0.3, -0.25) is 4.99 Å². The van der Waals surface area contributed by atoms with Crippen LogP contribution in [-0.4, -0.2) is 11.9 Å². The number of aliphatic imine (C=N–C) groups is 1. The molecule has 1 unspecified atom stereocenters. The number of rotatable bonds is 4. The molecule has 88 valence electrons. The third kappa shape index (κ3) is 2.87. The van der Waals surface area contributed by atoms with E-state index in [4.69, 9.17) is 10.2 Å². The van der Waals surface area contributed by atoms with Crippen LogP contribution in [0.5, 0.6) is 0 Å². The van der Waals surface area contributed by atoms with Gasteiger partial charge in [0.1, 0.15) is 5.76 Å². The van der Waals surface area contributed by atoms with Crippen LogP contribution in [0.2, 0.25) is 0 Å². The van der Waals surface area contributed by atoms with Crippen LogP contribution in [0.3, 0.4) is 0 Å². The Morgan fingerprint density at radius 3 is 2.94 bits per heavy atom. The van der Waals surface area contributed by atoms with Gasteiger partial charge in [0.2, 0.25) is 0 Å². The van der Waals surface area contributed by atoms with Crippen LogP contribution in [0.4, 0.5) is 0 Å². The molecule has 1 aliphatic rings. The molecule has 1 aromatic rings. The summed E-state index contributed by atoms with van der Waals surface area (Å²) in [5.74, 6) is 2.35. The highest BCUT2D eigenvalue weighted by molar-refractivity contribution is 5.83. The van der Waals surface area contributed by atoms with Crippen molar-refractivity contribution in [3.63, 3.8) is 0 Å². The van der Waals surface area contributed by atoms with Gasteiger partial charge in [-0.1, -0.05) is 12.8 Å². The number of hydrogen-bond acceptors (Lipinski definition) is 2. The lowest BCUT2D eigenvalue weighted by Crippen LogP contribution is -2.24. The summed E-state index contributed by atoms with van der Waals surface area (Å²) in [6.45, 7) is 2.09. The van der Waals surface area contributed by atoms with E-state index in [0.717, 1.165) is 18.0 Å².